The fraction of sp³-hybridized carbons (Fsp3) is 0.318. The first kappa shape index (κ1) is 18.8. The van der Waals surface area contributed by atoms with E-state index in [1.807, 2.05) is 30.3 Å². The van der Waals surface area contributed by atoms with Crippen LogP contribution in [0.3, 0.4) is 0 Å². The molecular weight excluding hydrogens is 340 g/mol. The Morgan fingerprint density at radius 3 is 1.81 bits per heavy atom. The molecule has 2 amide bonds. The smallest absolute Gasteiger partial charge is 0.227 e. The lowest BCUT2D eigenvalue weighted by molar-refractivity contribution is -0.125. The highest BCUT2D eigenvalue weighted by molar-refractivity contribution is 5.98. The highest BCUT2D eigenvalue weighted by Crippen LogP contribution is 2.30. The Morgan fingerprint density at radius 1 is 0.741 bits per heavy atom. The number of hydrogen-bond acceptors (Lipinski definition) is 3. The van der Waals surface area contributed by atoms with E-state index in [4.69, 9.17) is 0 Å². The lowest BCUT2D eigenvalue weighted by atomic mass is 9.81. The van der Waals surface area contributed by atoms with Crippen molar-refractivity contribution in [3.8, 4) is 0 Å². The van der Waals surface area contributed by atoms with E-state index in [-0.39, 0.29) is 29.4 Å². The highest BCUT2D eigenvalue weighted by Gasteiger charge is 2.30. The van der Waals surface area contributed by atoms with Gasteiger partial charge in [-0.3, -0.25) is 14.4 Å². The molecule has 2 aromatic carbocycles. The fourth-order valence-corrected chi connectivity index (χ4v) is 3.44. The average molecular weight is 364 g/mol. The van der Waals surface area contributed by atoms with Crippen LogP contribution >= 0.6 is 0 Å². The second-order valence-corrected chi connectivity index (χ2v) is 7.03. The van der Waals surface area contributed by atoms with E-state index in [1.54, 1.807) is 24.3 Å². The lowest BCUT2D eigenvalue weighted by Gasteiger charge is -2.27. The third-order valence-corrected chi connectivity index (χ3v) is 5.05. The standard InChI is InChI=1S/C22H24N2O3/c1-15(25)18-6-5-9-20(14-18)24-22(27)17-12-10-16(11-13-17)21(26)23-19-7-3-2-4-8-19/h2-9,14,16-17H,10-13H2,1H3,(H,23,26)(H,24,27). The molecule has 0 radical (unpaired) electrons. The zero-order chi connectivity index (χ0) is 19.2. The third kappa shape index (κ3) is 5.03. The van der Waals surface area contributed by atoms with Gasteiger partial charge < -0.3 is 10.6 Å². The molecule has 0 spiro atoms. The molecular formula is C22H24N2O3. The van der Waals surface area contributed by atoms with Gasteiger partial charge in [-0.25, -0.2) is 0 Å². The zero-order valence-corrected chi connectivity index (χ0v) is 15.4. The Morgan fingerprint density at radius 2 is 1.26 bits per heavy atom. The van der Waals surface area contributed by atoms with Crippen LogP contribution in [0.2, 0.25) is 0 Å². The number of amides is 2. The van der Waals surface area contributed by atoms with Gasteiger partial charge in [0.05, 0.1) is 0 Å². The third-order valence-electron chi connectivity index (χ3n) is 5.05. The van der Waals surface area contributed by atoms with Gasteiger partial charge in [-0.15, -0.1) is 0 Å². The van der Waals surface area contributed by atoms with Gasteiger partial charge in [0.2, 0.25) is 11.8 Å². The van der Waals surface area contributed by atoms with Crippen LogP contribution in [0.25, 0.3) is 0 Å². The summed E-state index contributed by atoms with van der Waals surface area (Å²) in [6, 6.07) is 16.4. The summed E-state index contributed by atoms with van der Waals surface area (Å²) in [4.78, 5) is 36.4. The molecule has 1 aliphatic rings. The number of carbonyl (C=O) groups is 3. The summed E-state index contributed by atoms with van der Waals surface area (Å²) in [5.41, 5.74) is 2.01. The summed E-state index contributed by atoms with van der Waals surface area (Å²) in [7, 11) is 0. The van der Waals surface area contributed by atoms with Gasteiger partial charge in [-0.05, 0) is 56.9 Å². The predicted molar refractivity (Wildman–Crippen MR) is 106 cm³/mol. The fourth-order valence-electron chi connectivity index (χ4n) is 3.44. The number of para-hydroxylation sites is 1. The molecule has 0 saturated heterocycles. The van der Waals surface area contributed by atoms with Gasteiger partial charge in [-0.1, -0.05) is 30.3 Å². The number of nitrogens with one attached hydrogen (secondary N) is 2. The van der Waals surface area contributed by atoms with E-state index in [2.05, 4.69) is 10.6 Å². The Labute approximate surface area is 159 Å². The second-order valence-electron chi connectivity index (χ2n) is 7.03. The normalized spacial score (nSPS) is 19.1. The maximum atomic E-state index is 12.5. The molecule has 2 aromatic rings. The van der Waals surface area contributed by atoms with Gasteiger partial charge >= 0.3 is 0 Å². The van der Waals surface area contributed by atoms with Crippen molar-refractivity contribution < 1.29 is 14.4 Å². The number of anilines is 2. The summed E-state index contributed by atoms with van der Waals surface area (Å²) in [6.07, 6.45) is 2.77. The Hall–Kier alpha value is -2.95. The molecule has 27 heavy (non-hydrogen) atoms. The number of benzene rings is 2. The first-order valence-corrected chi connectivity index (χ1v) is 9.30. The predicted octanol–water partition coefficient (Wildman–Crippen LogP) is 4.27. The molecule has 5 heteroatoms. The highest BCUT2D eigenvalue weighted by atomic mass is 16.2. The molecule has 0 bridgehead atoms. The van der Waals surface area contributed by atoms with Crippen LogP contribution in [0.15, 0.2) is 54.6 Å². The Bertz CT molecular complexity index is 824. The number of carbonyl (C=O) groups excluding carboxylic acids is 3. The van der Waals surface area contributed by atoms with Crippen LogP contribution in [0.4, 0.5) is 11.4 Å². The quantitative estimate of drug-likeness (QED) is 0.778. The van der Waals surface area contributed by atoms with Crippen LogP contribution in [0.5, 0.6) is 0 Å². The molecule has 5 nitrogen and oxygen atoms in total. The summed E-state index contributed by atoms with van der Waals surface area (Å²) < 4.78 is 0. The second kappa shape index (κ2) is 8.62. The monoisotopic (exact) mass is 364 g/mol. The maximum absolute atomic E-state index is 12.5. The first-order chi connectivity index (χ1) is 13.0. The summed E-state index contributed by atoms with van der Waals surface area (Å²) in [5.74, 6) is -0.218. The van der Waals surface area contributed by atoms with Crippen LogP contribution in [0.1, 0.15) is 43.0 Å². The molecule has 1 aliphatic carbocycles. The summed E-state index contributed by atoms with van der Waals surface area (Å²) in [6.45, 7) is 1.50. The van der Waals surface area contributed by atoms with Crippen molar-refractivity contribution in [2.75, 3.05) is 10.6 Å². The van der Waals surface area contributed by atoms with E-state index in [0.717, 1.165) is 5.69 Å². The number of rotatable bonds is 5. The number of hydrogen-bond donors (Lipinski definition) is 2. The number of ketones is 1. The molecule has 1 fully saturated rings. The van der Waals surface area contributed by atoms with E-state index < -0.39 is 0 Å². The van der Waals surface area contributed by atoms with Crippen molar-refractivity contribution in [3.63, 3.8) is 0 Å². The van der Waals surface area contributed by atoms with Crippen LogP contribution in [0, 0.1) is 11.8 Å². The van der Waals surface area contributed by atoms with E-state index in [1.165, 1.54) is 6.92 Å². The van der Waals surface area contributed by atoms with E-state index >= 15 is 0 Å². The van der Waals surface area contributed by atoms with Gasteiger partial charge in [0, 0.05) is 28.8 Å². The minimum atomic E-state index is -0.105. The van der Waals surface area contributed by atoms with E-state index in [9.17, 15) is 14.4 Å². The molecule has 140 valence electrons. The van der Waals surface area contributed by atoms with Crippen molar-refractivity contribution in [1.29, 1.82) is 0 Å². The summed E-state index contributed by atoms with van der Waals surface area (Å²) >= 11 is 0. The summed E-state index contributed by atoms with van der Waals surface area (Å²) in [5, 5.41) is 5.84. The van der Waals surface area contributed by atoms with Gasteiger partial charge in [0.1, 0.15) is 0 Å². The SMILES string of the molecule is CC(=O)c1cccc(NC(=O)C2CCC(C(=O)Nc3ccccc3)CC2)c1. The largest absolute Gasteiger partial charge is 0.326 e. The molecule has 0 aliphatic heterocycles. The minimum absolute atomic E-state index is 0.0224. The van der Waals surface area contributed by atoms with Crippen molar-refractivity contribution in [2.45, 2.75) is 32.6 Å². The molecule has 0 aromatic heterocycles. The van der Waals surface area contributed by atoms with Crippen molar-refractivity contribution in [3.05, 3.63) is 60.2 Å². The Balaban J connectivity index is 1.51. The van der Waals surface area contributed by atoms with Crippen LogP contribution in [-0.4, -0.2) is 17.6 Å². The van der Waals surface area contributed by atoms with Crippen LogP contribution in [-0.2, 0) is 9.59 Å². The minimum Gasteiger partial charge on any atom is -0.326 e. The zero-order valence-electron chi connectivity index (χ0n) is 15.4. The molecule has 2 N–H and O–H groups in total. The van der Waals surface area contributed by atoms with E-state index in [0.29, 0.717) is 36.9 Å². The van der Waals surface area contributed by atoms with Gasteiger partial charge in [0.15, 0.2) is 5.78 Å². The molecule has 0 heterocycles. The first-order valence-electron chi connectivity index (χ1n) is 9.30. The molecule has 0 atom stereocenters. The molecule has 3 rings (SSSR count). The van der Waals surface area contributed by atoms with Crippen molar-refractivity contribution in [1.82, 2.24) is 0 Å². The molecule has 0 unspecified atom stereocenters. The molecule has 1 saturated carbocycles. The Kier molecular flexibility index (Phi) is 6.01. The number of Topliss-reactive ketones (excluding diaryl/α,β-unsaturated/α-hetero) is 1. The van der Waals surface area contributed by atoms with Crippen molar-refractivity contribution >= 4 is 29.0 Å². The lowest BCUT2D eigenvalue weighted by Crippen LogP contribution is -2.32. The van der Waals surface area contributed by atoms with Gasteiger partial charge in [-0.2, -0.15) is 0 Å². The maximum Gasteiger partial charge on any atom is 0.227 e. The van der Waals surface area contributed by atoms with Crippen molar-refractivity contribution in [2.24, 2.45) is 11.8 Å². The average Bonchev–Trinajstić information content (AvgIpc) is 2.69. The van der Waals surface area contributed by atoms with Crippen LogP contribution < -0.4 is 10.6 Å². The topological polar surface area (TPSA) is 75.3 Å². The van der Waals surface area contributed by atoms with Gasteiger partial charge in [0.25, 0.3) is 0 Å².